The van der Waals surface area contributed by atoms with Crippen LogP contribution in [0, 0.1) is 36.0 Å². The van der Waals surface area contributed by atoms with E-state index in [2.05, 4.69) is 18.1 Å². The summed E-state index contributed by atoms with van der Waals surface area (Å²) in [7, 11) is -3.42. The van der Waals surface area contributed by atoms with Gasteiger partial charge >= 0.3 is 7.82 Å². The minimum absolute atomic E-state index is 0.0439. The molecule has 3 aliphatic rings. The topological polar surface area (TPSA) is 44.8 Å². The molecular weight excluding hydrogens is 239 g/mol. The fraction of sp³-hybridized carbons (Fsp3) is 0.667. The van der Waals surface area contributed by atoms with Crippen molar-refractivity contribution in [2.24, 2.45) is 23.7 Å². The van der Waals surface area contributed by atoms with Crippen molar-refractivity contribution in [3.05, 3.63) is 12.2 Å². The van der Waals surface area contributed by atoms with E-state index in [4.69, 9.17) is 20.0 Å². The predicted octanol–water partition coefficient (Wildman–Crippen LogP) is 2.23. The second-order valence-electron chi connectivity index (χ2n) is 4.79. The van der Waals surface area contributed by atoms with E-state index in [-0.39, 0.29) is 6.61 Å². The van der Waals surface area contributed by atoms with Crippen LogP contribution < -0.4 is 0 Å². The second kappa shape index (κ2) is 4.26. The number of hydrogen-bond acceptors (Lipinski definition) is 4. The molecule has 2 aliphatic carbocycles. The Bertz CT molecular complexity index is 399. The van der Waals surface area contributed by atoms with Crippen LogP contribution in [0.15, 0.2) is 12.2 Å². The molecule has 3 rings (SSSR count). The summed E-state index contributed by atoms with van der Waals surface area (Å²) in [6, 6.07) is 0. The molecule has 0 N–H and O–H groups in total. The Morgan fingerprint density at radius 1 is 1.29 bits per heavy atom. The van der Waals surface area contributed by atoms with Gasteiger partial charge in [-0.25, -0.2) is 4.57 Å². The quantitative estimate of drug-likeness (QED) is 0.430. The SMILES string of the molecule is C#CCOP1(=O)OC[C@@H]2[C@H](CO1)[C@H]1C=C[C@@H]2C1. The van der Waals surface area contributed by atoms with Crippen molar-refractivity contribution in [2.45, 2.75) is 6.42 Å². The third-order valence-corrected chi connectivity index (χ3v) is 5.33. The lowest BCUT2D eigenvalue weighted by atomic mass is 9.84. The molecule has 0 aromatic rings. The summed E-state index contributed by atoms with van der Waals surface area (Å²) >= 11 is 0. The first-order chi connectivity index (χ1) is 8.22. The van der Waals surface area contributed by atoms with Crippen LogP contribution in [0.2, 0.25) is 0 Å². The molecule has 0 aromatic carbocycles. The van der Waals surface area contributed by atoms with Crippen LogP contribution in [0.25, 0.3) is 0 Å². The van der Waals surface area contributed by atoms with Gasteiger partial charge < -0.3 is 0 Å². The van der Waals surface area contributed by atoms with Gasteiger partial charge in [-0.1, -0.05) is 18.1 Å². The van der Waals surface area contributed by atoms with Gasteiger partial charge in [0.05, 0.1) is 13.2 Å². The lowest BCUT2D eigenvalue weighted by molar-refractivity contribution is 0.134. The molecule has 17 heavy (non-hydrogen) atoms. The minimum Gasteiger partial charge on any atom is -0.287 e. The lowest BCUT2D eigenvalue weighted by Crippen LogP contribution is -2.24. The van der Waals surface area contributed by atoms with E-state index in [1.54, 1.807) is 0 Å². The van der Waals surface area contributed by atoms with Gasteiger partial charge in [0.25, 0.3) is 0 Å². The Morgan fingerprint density at radius 2 is 1.88 bits per heavy atom. The monoisotopic (exact) mass is 254 g/mol. The van der Waals surface area contributed by atoms with E-state index >= 15 is 0 Å². The summed E-state index contributed by atoms with van der Waals surface area (Å²) in [6.45, 7) is 0.841. The molecular formula is C12H15O4P. The van der Waals surface area contributed by atoms with Gasteiger partial charge in [-0.2, -0.15) is 0 Å². The Labute approximate surface area is 101 Å². The number of terminal acetylenes is 1. The van der Waals surface area contributed by atoms with Crippen molar-refractivity contribution < 1.29 is 18.1 Å². The zero-order valence-corrected chi connectivity index (χ0v) is 10.3. The van der Waals surface area contributed by atoms with Crippen LogP contribution in [0.5, 0.6) is 0 Å². The third kappa shape index (κ3) is 1.98. The molecule has 1 heterocycles. The summed E-state index contributed by atoms with van der Waals surface area (Å²) in [5.74, 6) is 4.20. The van der Waals surface area contributed by atoms with Crippen molar-refractivity contribution in [3.63, 3.8) is 0 Å². The van der Waals surface area contributed by atoms with E-state index in [1.807, 2.05) is 0 Å². The third-order valence-electron chi connectivity index (χ3n) is 3.96. The van der Waals surface area contributed by atoms with E-state index in [9.17, 15) is 4.57 Å². The summed E-state index contributed by atoms with van der Waals surface area (Å²) in [5.41, 5.74) is 0. The number of hydrogen-bond donors (Lipinski definition) is 0. The number of allylic oxidation sites excluding steroid dienone is 2. The second-order valence-corrected chi connectivity index (χ2v) is 6.46. The van der Waals surface area contributed by atoms with Crippen molar-refractivity contribution in [1.82, 2.24) is 0 Å². The average molecular weight is 254 g/mol. The molecule has 5 atom stereocenters. The van der Waals surface area contributed by atoms with Gasteiger partial charge in [-0.3, -0.25) is 13.6 Å². The van der Waals surface area contributed by atoms with Gasteiger partial charge in [-0.05, 0) is 30.1 Å². The van der Waals surface area contributed by atoms with Crippen molar-refractivity contribution >= 4 is 7.82 Å². The summed E-state index contributed by atoms with van der Waals surface area (Å²) in [5, 5.41) is 0. The fourth-order valence-electron chi connectivity index (χ4n) is 3.10. The van der Waals surface area contributed by atoms with Gasteiger partial charge in [-0.15, -0.1) is 6.42 Å². The normalized spacial score (nSPS) is 47.5. The first kappa shape index (κ1) is 11.5. The fourth-order valence-corrected chi connectivity index (χ4v) is 4.27. The zero-order valence-electron chi connectivity index (χ0n) is 9.45. The van der Waals surface area contributed by atoms with E-state index in [0.717, 1.165) is 0 Å². The largest absolute Gasteiger partial charge is 0.475 e. The maximum Gasteiger partial charge on any atom is 0.475 e. The van der Waals surface area contributed by atoms with Crippen LogP contribution >= 0.6 is 7.82 Å². The van der Waals surface area contributed by atoms with Crippen LogP contribution in [-0.2, 0) is 18.1 Å². The van der Waals surface area contributed by atoms with Crippen LogP contribution in [0.3, 0.4) is 0 Å². The van der Waals surface area contributed by atoms with Crippen molar-refractivity contribution in [2.75, 3.05) is 19.8 Å². The lowest BCUT2D eigenvalue weighted by Gasteiger charge is -2.23. The Hall–Kier alpha value is -0.590. The van der Waals surface area contributed by atoms with Crippen LogP contribution in [0.1, 0.15) is 6.42 Å². The van der Waals surface area contributed by atoms with Gasteiger partial charge in [0, 0.05) is 0 Å². The Kier molecular flexibility index (Phi) is 2.88. The predicted molar refractivity (Wildman–Crippen MR) is 62.0 cm³/mol. The highest BCUT2D eigenvalue weighted by Gasteiger charge is 2.48. The molecule has 0 aromatic heterocycles. The van der Waals surface area contributed by atoms with Crippen LogP contribution in [-0.4, -0.2) is 19.8 Å². The standard InChI is InChI=1S/C12H15O4P/c1-2-5-14-17(13)15-7-11-9-3-4-10(6-9)12(11)8-16-17/h1,3-4,9-12H,5-8H2/t9-,10+,11+,12-,17?. The van der Waals surface area contributed by atoms with E-state index in [0.29, 0.717) is 36.9 Å². The van der Waals surface area contributed by atoms with Crippen molar-refractivity contribution in [3.8, 4) is 12.3 Å². The minimum atomic E-state index is -3.42. The van der Waals surface area contributed by atoms with E-state index in [1.165, 1.54) is 6.42 Å². The molecule has 2 fully saturated rings. The maximum absolute atomic E-state index is 12.1. The van der Waals surface area contributed by atoms with Gasteiger partial charge in [0.1, 0.15) is 6.61 Å². The highest BCUT2D eigenvalue weighted by Crippen LogP contribution is 2.57. The molecule has 1 aliphatic heterocycles. The number of phosphoric acid groups is 1. The first-order valence-electron chi connectivity index (χ1n) is 5.87. The van der Waals surface area contributed by atoms with Gasteiger partial charge in [0.2, 0.25) is 0 Å². The summed E-state index contributed by atoms with van der Waals surface area (Å²) in [4.78, 5) is 0. The molecule has 1 saturated heterocycles. The Balaban J connectivity index is 1.71. The van der Waals surface area contributed by atoms with E-state index < -0.39 is 7.82 Å². The number of rotatable bonds is 2. The number of fused-ring (bicyclic) bond motifs is 5. The smallest absolute Gasteiger partial charge is 0.287 e. The summed E-state index contributed by atoms with van der Waals surface area (Å²) in [6.07, 6.45) is 10.7. The zero-order chi connectivity index (χ0) is 11.9. The molecule has 0 amide bonds. The number of phosphoric ester groups is 1. The highest BCUT2D eigenvalue weighted by atomic mass is 31.2. The molecule has 92 valence electrons. The molecule has 1 saturated carbocycles. The molecule has 2 bridgehead atoms. The average Bonchev–Trinajstić information content (AvgIpc) is 2.88. The molecule has 0 radical (unpaired) electrons. The van der Waals surface area contributed by atoms with Crippen LogP contribution in [0.4, 0.5) is 0 Å². The summed E-state index contributed by atoms with van der Waals surface area (Å²) < 4.78 is 27.8. The molecule has 1 unspecified atom stereocenters. The molecule has 0 spiro atoms. The highest BCUT2D eigenvalue weighted by molar-refractivity contribution is 7.48. The molecule has 4 nitrogen and oxygen atoms in total. The Morgan fingerprint density at radius 3 is 2.41 bits per heavy atom. The molecule has 5 heteroatoms. The van der Waals surface area contributed by atoms with Gasteiger partial charge in [0.15, 0.2) is 0 Å². The van der Waals surface area contributed by atoms with Crippen molar-refractivity contribution in [1.29, 1.82) is 0 Å². The first-order valence-corrected chi connectivity index (χ1v) is 7.33. The maximum atomic E-state index is 12.1.